The number of halogens is 2. The lowest BCUT2D eigenvalue weighted by molar-refractivity contribution is -0.115. The first-order chi connectivity index (χ1) is 12.8. The van der Waals surface area contributed by atoms with Gasteiger partial charge in [-0.3, -0.25) is 4.79 Å². The number of hydrogen-bond acceptors (Lipinski definition) is 4. The van der Waals surface area contributed by atoms with E-state index in [9.17, 15) is 22.0 Å². The third kappa shape index (κ3) is 5.29. The summed E-state index contributed by atoms with van der Waals surface area (Å²) >= 11 is 0.420. The number of alkyl halides is 2. The molecule has 1 aliphatic rings. The molecule has 0 saturated carbocycles. The van der Waals surface area contributed by atoms with Crippen molar-refractivity contribution in [3.63, 3.8) is 0 Å². The fourth-order valence-corrected chi connectivity index (χ4v) is 4.82. The Kier molecular flexibility index (Phi) is 6.16. The molecule has 0 atom stereocenters. The molecule has 2 aromatic rings. The van der Waals surface area contributed by atoms with Gasteiger partial charge < -0.3 is 5.32 Å². The second-order valence-electron chi connectivity index (χ2n) is 6.30. The summed E-state index contributed by atoms with van der Waals surface area (Å²) in [4.78, 5) is 12.7. The largest absolute Gasteiger partial charge is 0.326 e. The van der Waals surface area contributed by atoms with Crippen molar-refractivity contribution in [2.75, 3.05) is 11.1 Å². The van der Waals surface area contributed by atoms with Crippen LogP contribution in [0.25, 0.3) is 0 Å². The maximum absolute atomic E-state index is 12.5. The molecule has 0 fully saturated rings. The number of carbonyl (C=O) groups is 1. The van der Waals surface area contributed by atoms with E-state index < -0.39 is 21.5 Å². The number of benzene rings is 2. The highest BCUT2D eigenvalue weighted by Gasteiger charge is 2.20. The summed E-state index contributed by atoms with van der Waals surface area (Å²) in [6.07, 6.45) is 2.73. The Labute approximate surface area is 161 Å². The van der Waals surface area contributed by atoms with E-state index in [4.69, 9.17) is 0 Å². The number of nitrogens with one attached hydrogen (secondary N) is 1. The zero-order valence-corrected chi connectivity index (χ0v) is 16.1. The molecule has 8 heteroatoms. The van der Waals surface area contributed by atoms with Gasteiger partial charge in [-0.1, -0.05) is 17.8 Å². The van der Waals surface area contributed by atoms with Crippen molar-refractivity contribution in [3.8, 4) is 0 Å². The molecule has 0 bridgehead atoms. The molecule has 27 heavy (non-hydrogen) atoms. The van der Waals surface area contributed by atoms with E-state index in [0.717, 1.165) is 24.8 Å². The first kappa shape index (κ1) is 19.8. The van der Waals surface area contributed by atoms with Gasteiger partial charge in [0.25, 0.3) is 5.76 Å². The Hall–Kier alpha value is -1.93. The standard InChI is InChI=1S/C19H19F2NO3S2/c20-19(21)26-16-7-5-15(6-8-16)22-18(23)10-11-27(24,25)17-9-4-13-2-1-3-14(13)12-17/h4-9,12,19H,1-3,10-11H2,(H,22,23). The fourth-order valence-electron chi connectivity index (χ4n) is 3.03. The van der Waals surface area contributed by atoms with Gasteiger partial charge in [0.05, 0.1) is 10.6 Å². The molecule has 0 spiro atoms. The van der Waals surface area contributed by atoms with Crippen LogP contribution in [0.1, 0.15) is 24.0 Å². The zero-order chi connectivity index (χ0) is 19.4. The second kappa shape index (κ2) is 8.39. The van der Waals surface area contributed by atoms with Crippen molar-refractivity contribution in [2.45, 2.75) is 41.2 Å². The Morgan fingerprint density at radius 3 is 2.48 bits per heavy atom. The summed E-state index contributed by atoms with van der Waals surface area (Å²) in [5.41, 5.74) is 2.70. The van der Waals surface area contributed by atoms with E-state index >= 15 is 0 Å². The van der Waals surface area contributed by atoms with Crippen LogP contribution >= 0.6 is 11.8 Å². The van der Waals surface area contributed by atoms with Crippen LogP contribution in [0.4, 0.5) is 14.5 Å². The predicted octanol–water partition coefficient (Wildman–Crippen LogP) is 4.29. The van der Waals surface area contributed by atoms with Crippen LogP contribution in [-0.4, -0.2) is 25.8 Å². The van der Waals surface area contributed by atoms with Gasteiger partial charge in [-0.15, -0.1) is 0 Å². The van der Waals surface area contributed by atoms with Crippen LogP contribution in [0.15, 0.2) is 52.3 Å². The zero-order valence-electron chi connectivity index (χ0n) is 14.5. The highest BCUT2D eigenvalue weighted by Crippen LogP contribution is 2.27. The molecule has 0 unspecified atom stereocenters. The Bertz CT molecular complexity index is 928. The summed E-state index contributed by atoms with van der Waals surface area (Å²) in [5, 5.41) is 2.59. The maximum atomic E-state index is 12.5. The summed E-state index contributed by atoms with van der Waals surface area (Å²) in [5.74, 6) is -3.22. The molecule has 1 N–H and O–H groups in total. The number of carbonyl (C=O) groups excluding carboxylic acids is 1. The Morgan fingerprint density at radius 2 is 1.78 bits per heavy atom. The topological polar surface area (TPSA) is 63.2 Å². The average Bonchev–Trinajstić information content (AvgIpc) is 3.09. The van der Waals surface area contributed by atoms with E-state index in [0.29, 0.717) is 22.3 Å². The summed E-state index contributed by atoms with van der Waals surface area (Å²) < 4.78 is 49.6. The van der Waals surface area contributed by atoms with Gasteiger partial charge in [0, 0.05) is 17.0 Å². The van der Waals surface area contributed by atoms with Crippen LogP contribution in [0.5, 0.6) is 0 Å². The van der Waals surface area contributed by atoms with Crippen LogP contribution in [0.2, 0.25) is 0 Å². The van der Waals surface area contributed by atoms with Gasteiger partial charge in [0.1, 0.15) is 0 Å². The van der Waals surface area contributed by atoms with Gasteiger partial charge in [0.15, 0.2) is 9.84 Å². The molecule has 2 aromatic carbocycles. The molecule has 3 rings (SSSR count). The molecule has 0 saturated heterocycles. The third-order valence-electron chi connectivity index (χ3n) is 4.39. The molecule has 1 amide bonds. The lowest BCUT2D eigenvalue weighted by atomic mass is 10.1. The Balaban J connectivity index is 1.56. The predicted molar refractivity (Wildman–Crippen MR) is 102 cm³/mol. The lowest BCUT2D eigenvalue weighted by Gasteiger charge is -2.08. The normalized spacial score (nSPS) is 13.6. The summed E-state index contributed by atoms with van der Waals surface area (Å²) in [6.45, 7) is 0. The molecule has 1 aliphatic carbocycles. The number of sulfone groups is 1. The number of fused-ring (bicyclic) bond motifs is 1. The van der Waals surface area contributed by atoms with Gasteiger partial charge in [-0.2, -0.15) is 8.78 Å². The van der Waals surface area contributed by atoms with Crippen LogP contribution in [-0.2, 0) is 27.5 Å². The van der Waals surface area contributed by atoms with E-state index in [-0.39, 0.29) is 17.1 Å². The number of thioether (sulfide) groups is 1. The summed E-state index contributed by atoms with van der Waals surface area (Å²) in [6, 6.07) is 11.2. The van der Waals surface area contributed by atoms with E-state index in [1.165, 1.54) is 29.8 Å². The Morgan fingerprint density at radius 1 is 1.07 bits per heavy atom. The van der Waals surface area contributed by atoms with Crippen molar-refractivity contribution in [1.29, 1.82) is 0 Å². The number of anilines is 1. The minimum Gasteiger partial charge on any atom is -0.326 e. The number of amides is 1. The van der Waals surface area contributed by atoms with E-state index in [1.54, 1.807) is 12.1 Å². The monoisotopic (exact) mass is 411 g/mol. The van der Waals surface area contributed by atoms with Crippen LogP contribution < -0.4 is 5.32 Å². The maximum Gasteiger partial charge on any atom is 0.288 e. The first-order valence-electron chi connectivity index (χ1n) is 8.53. The van der Waals surface area contributed by atoms with Gasteiger partial charge >= 0.3 is 0 Å². The van der Waals surface area contributed by atoms with Crippen LogP contribution in [0, 0.1) is 0 Å². The van der Waals surface area contributed by atoms with Crippen molar-refractivity contribution in [3.05, 3.63) is 53.6 Å². The average molecular weight is 411 g/mol. The molecular weight excluding hydrogens is 392 g/mol. The lowest BCUT2D eigenvalue weighted by Crippen LogP contribution is -2.17. The van der Waals surface area contributed by atoms with Crippen molar-refractivity contribution < 1.29 is 22.0 Å². The van der Waals surface area contributed by atoms with Gasteiger partial charge in [0.2, 0.25) is 5.91 Å². The minimum absolute atomic E-state index is 0.174. The molecular formula is C19H19F2NO3S2. The first-order valence-corrected chi connectivity index (χ1v) is 11.1. The number of aryl methyl sites for hydroxylation is 2. The third-order valence-corrected chi connectivity index (χ3v) is 6.83. The van der Waals surface area contributed by atoms with E-state index in [1.807, 2.05) is 6.07 Å². The second-order valence-corrected chi connectivity index (χ2v) is 9.48. The highest BCUT2D eigenvalue weighted by molar-refractivity contribution is 7.99. The fraction of sp³-hybridized carbons (Fsp3) is 0.316. The minimum atomic E-state index is -3.54. The molecule has 4 nitrogen and oxygen atoms in total. The molecule has 0 heterocycles. The van der Waals surface area contributed by atoms with Gasteiger partial charge in [-0.25, -0.2) is 8.42 Å². The quantitative estimate of drug-likeness (QED) is 0.691. The number of hydrogen-bond donors (Lipinski definition) is 1. The van der Waals surface area contributed by atoms with Crippen LogP contribution in [0.3, 0.4) is 0 Å². The summed E-state index contributed by atoms with van der Waals surface area (Å²) in [7, 11) is -3.54. The molecule has 0 radical (unpaired) electrons. The van der Waals surface area contributed by atoms with Crippen molar-refractivity contribution in [1.82, 2.24) is 0 Å². The molecule has 0 aliphatic heterocycles. The highest BCUT2D eigenvalue weighted by atomic mass is 32.2. The number of rotatable bonds is 7. The van der Waals surface area contributed by atoms with Crippen molar-refractivity contribution in [2.24, 2.45) is 0 Å². The molecule has 144 valence electrons. The van der Waals surface area contributed by atoms with Crippen molar-refractivity contribution >= 4 is 33.2 Å². The smallest absolute Gasteiger partial charge is 0.288 e. The van der Waals surface area contributed by atoms with Gasteiger partial charge in [-0.05, 0) is 66.8 Å². The van der Waals surface area contributed by atoms with E-state index in [2.05, 4.69) is 5.32 Å². The molecule has 0 aromatic heterocycles. The SMILES string of the molecule is O=C(CCS(=O)(=O)c1ccc2c(c1)CCC2)Nc1ccc(SC(F)F)cc1.